The smallest absolute Gasteiger partial charge is 0.0314 e. The Morgan fingerprint density at radius 2 is 1.55 bits per heavy atom. The van der Waals surface area contributed by atoms with E-state index >= 15 is 0 Å². The van der Waals surface area contributed by atoms with Gasteiger partial charge in [0.25, 0.3) is 0 Å². The highest BCUT2D eigenvalue weighted by Gasteiger charge is 1.95. The van der Waals surface area contributed by atoms with Crippen molar-refractivity contribution in [2.75, 3.05) is 5.73 Å². The first-order chi connectivity index (χ1) is 4.70. The molecule has 0 heterocycles. The predicted molar refractivity (Wildman–Crippen MR) is 50.0 cm³/mol. The van der Waals surface area contributed by atoms with Gasteiger partial charge >= 0.3 is 0 Å². The maximum absolute atomic E-state index is 5.53. The second-order valence-corrected chi connectivity index (χ2v) is 2.82. The number of hydrogen-bond acceptors (Lipinski definition) is 2. The quantitative estimate of drug-likeness (QED) is 0.607. The molecule has 1 aromatic carbocycles. The third kappa shape index (κ3) is 2.60. The Kier molecular flexibility index (Phi) is 3.61. The third-order valence-electron chi connectivity index (χ3n) is 1.60. The summed E-state index contributed by atoms with van der Waals surface area (Å²) in [4.78, 5) is 0. The molecule has 0 aliphatic rings. The summed E-state index contributed by atoms with van der Waals surface area (Å²) in [7, 11) is 0. The molecule has 0 aliphatic heterocycles. The molecular weight excluding hydrogens is 136 g/mol. The number of hydrogen-bond donors (Lipinski definition) is 2. The van der Waals surface area contributed by atoms with E-state index in [1.54, 1.807) is 0 Å². The molecule has 0 saturated heterocycles. The summed E-state index contributed by atoms with van der Waals surface area (Å²) in [5.41, 5.74) is 7.71. The Balaban J connectivity index is 0.000001000. The predicted octanol–water partition coefficient (Wildman–Crippen LogP) is 2.55. The van der Waals surface area contributed by atoms with Crippen molar-refractivity contribution in [3.05, 3.63) is 29.8 Å². The Morgan fingerprint density at radius 1 is 1.09 bits per heavy atom. The summed E-state index contributed by atoms with van der Waals surface area (Å²) in [6.07, 6.45) is 0. The fourth-order valence-corrected chi connectivity index (χ4v) is 0.881. The van der Waals surface area contributed by atoms with E-state index in [4.69, 9.17) is 5.73 Å². The minimum Gasteiger partial charge on any atom is -0.399 e. The van der Waals surface area contributed by atoms with Gasteiger partial charge in [-0.15, -0.1) is 0 Å². The molecule has 11 heavy (non-hydrogen) atoms. The monoisotopic (exact) mass is 152 g/mol. The van der Waals surface area contributed by atoms with Gasteiger partial charge in [-0.1, -0.05) is 26.0 Å². The third-order valence-corrected chi connectivity index (χ3v) is 1.60. The van der Waals surface area contributed by atoms with Crippen molar-refractivity contribution in [2.45, 2.75) is 19.8 Å². The van der Waals surface area contributed by atoms with Crippen LogP contribution >= 0.6 is 0 Å². The molecule has 62 valence electrons. The summed E-state index contributed by atoms with van der Waals surface area (Å²) in [5, 5.41) is 0. The minimum absolute atomic E-state index is 0. The maximum atomic E-state index is 5.53. The second-order valence-electron chi connectivity index (χ2n) is 2.82. The van der Waals surface area contributed by atoms with Crippen LogP contribution in [0.4, 0.5) is 5.69 Å². The first-order valence-electron chi connectivity index (χ1n) is 3.55. The molecule has 1 rings (SSSR count). The number of anilines is 1. The Bertz CT molecular complexity index is 201. The molecule has 2 heteroatoms. The van der Waals surface area contributed by atoms with Crippen molar-refractivity contribution >= 4 is 5.69 Å². The van der Waals surface area contributed by atoms with E-state index in [-0.39, 0.29) is 6.15 Å². The van der Waals surface area contributed by atoms with Crippen LogP contribution in [0.3, 0.4) is 0 Å². The highest BCUT2D eigenvalue weighted by Crippen LogP contribution is 2.14. The van der Waals surface area contributed by atoms with E-state index in [0.29, 0.717) is 5.92 Å². The molecule has 5 N–H and O–H groups in total. The molecule has 0 aromatic heterocycles. The van der Waals surface area contributed by atoms with E-state index in [2.05, 4.69) is 26.0 Å². The lowest BCUT2D eigenvalue weighted by molar-refractivity contribution is 0.867. The van der Waals surface area contributed by atoms with Crippen LogP contribution in [-0.4, -0.2) is 0 Å². The van der Waals surface area contributed by atoms with Gasteiger partial charge in [0.15, 0.2) is 0 Å². The summed E-state index contributed by atoms with van der Waals surface area (Å²) in [6, 6.07) is 8.02. The van der Waals surface area contributed by atoms with E-state index < -0.39 is 0 Å². The molecule has 0 amide bonds. The van der Waals surface area contributed by atoms with Crippen LogP contribution in [0.2, 0.25) is 0 Å². The van der Waals surface area contributed by atoms with Gasteiger partial charge in [0.2, 0.25) is 0 Å². The first kappa shape index (κ1) is 9.98. The summed E-state index contributed by atoms with van der Waals surface area (Å²) in [6.45, 7) is 4.34. The topological polar surface area (TPSA) is 61.0 Å². The lowest BCUT2D eigenvalue weighted by atomic mass is 10.0. The van der Waals surface area contributed by atoms with Crippen molar-refractivity contribution < 1.29 is 0 Å². The SMILES string of the molecule is CC(C)c1ccc(N)cc1.N. The van der Waals surface area contributed by atoms with Gasteiger partial charge in [-0.2, -0.15) is 0 Å². The van der Waals surface area contributed by atoms with Gasteiger partial charge in [-0.05, 0) is 23.6 Å². The molecule has 0 radical (unpaired) electrons. The normalized spacial score (nSPS) is 9.36. The lowest BCUT2D eigenvalue weighted by Gasteiger charge is -2.03. The van der Waals surface area contributed by atoms with Crippen LogP contribution < -0.4 is 11.9 Å². The lowest BCUT2D eigenvalue weighted by Crippen LogP contribution is -1.88. The molecule has 0 atom stereocenters. The molecule has 0 fully saturated rings. The zero-order valence-corrected chi connectivity index (χ0v) is 7.17. The zero-order valence-electron chi connectivity index (χ0n) is 7.17. The van der Waals surface area contributed by atoms with Crippen LogP contribution in [0.25, 0.3) is 0 Å². The van der Waals surface area contributed by atoms with E-state index in [1.165, 1.54) is 5.56 Å². The van der Waals surface area contributed by atoms with Crippen molar-refractivity contribution in [1.29, 1.82) is 0 Å². The molecule has 0 unspecified atom stereocenters. The van der Waals surface area contributed by atoms with Crippen molar-refractivity contribution in [2.24, 2.45) is 0 Å². The van der Waals surface area contributed by atoms with Gasteiger partial charge in [-0.3, -0.25) is 0 Å². The Labute approximate surface area is 68.0 Å². The van der Waals surface area contributed by atoms with Crippen LogP contribution in [-0.2, 0) is 0 Å². The summed E-state index contributed by atoms with van der Waals surface area (Å²) in [5.74, 6) is 0.598. The van der Waals surface area contributed by atoms with Gasteiger partial charge in [0, 0.05) is 5.69 Å². The standard InChI is InChI=1S/C9H13N.H3N/c1-7(2)8-3-5-9(10)6-4-8;/h3-7H,10H2,1-2H3;1H3. The van der Waals surface area contributed by atoms with Crippen molar-refractivity contribution in [1.82, 2.24) is 6.15 Å². The fraction of sp³-hybridized carbons (Fsp3) is 0.333. The number of rotatable bonds is 1. The molecular formula is C9H16N2. The number of nitrogen functional groups attached to an aromatic ring is 1. The highest BCUT2D eigenvalue weighted by molar-refractivity contribution is 5.39. The highest BCUT2D eigenvalue weighted by atomic mass is 14.5. The Hall–Kier alpha value is -1.02. The molecule has 1 aromatic rings. The van der Waals surface area contributed by atoms with E-state index in [0.717, 1.165) is 5.69 Å². The number of benzene rings is 1. The average Bonchev–Trinajstić information content (AvgIpc) is 1.88. The van der Waals surface area contributed by atoms with Crippen molar-refractivity contribution in [3.63, 3.8) is 0 Å². The Morgan fingerprint density at radius 3 is 1.91 bits per heavy atom. The zero-order chi connectivity index (χ0) is 7.56. The molecule has 0 bridgehead atoms. The largest absolute Gasteiger partial charge is 0.399 e. The average molecular weight is 152 g/mol. The minimum atomic E-state index is 0. The maximum Gasteiger partial charge on any atom is 0.0314 e. The van der Waals surface area contributed by atoms with E-state index in [9.17, 15) is 0 Å². The van der Waals surface area contributed by atoms with Crippen molar-refractivity contribution in [3.8, 4) is 0 Å². The first-order valence-corrected chi connectivity index (χ1v) is 3.55. The van der Waals surface area contributed by atoms with Crippen LogP contribution in [0.1, 0.15) is 25.3 Å². The summed E-state index contributed by atoms with van der Waals surface area (Å²) >= 11 is 0. The molecule has 0 spiro atoms. The number of nitrogens with two attached hydrogens (primary N) is 1. The molecule has 0 aliphatic carbocycles. The molecule has 2 nitrogen and oxygen atoms in total. The van der Waals surface area contributed by atoms with Crippen LogP contribution in [0, 0.1) is 0 Å². The van der Waals surface area contributed by atoms with Gasteiger partial charge in [-0.25, -0.2) is 0 Å². The van der Waals surface area contributed by atoms with E-state index in [1.807, 2.05) is 12.1 Å². The van der Waals surface area contributed by atoms with Crippen LogP contribution in [0.15, 0.2) is 24.3 Å². The second kappa shape index (κ2) is 3.98. The van der Waals surface area contributed by atoms with Gasteiger partial charge in [0.1, 0.15) is 0 Å². The van der Waals surface area contributed by atoms with Gasteiger partial charge in [0.05, 0.1) is 0 Å². The van der Waals surface area contributed by atoms with Gasteiger partial charge < -0.3 is 11.9 Å². The molecule has 0 saturated carbocycles. The fourth-order valence-electron chi connectivity index (χ4n) is 0.881. The summed E-state index contributed by atoms with van der Waals surface area (Å²) < 4.78 is 0. The van der Waals surface area contributed by atoms with Crippen LogP contribution in [0.5, 0.6) is 0 Å².